The lowest BCUT2D eigenvalue weighted by atomic mass is 10.1. The molecule has 1 aromatic rings. The number of carbonyl (C=O) groups excluding carboxylic acids is 1. The summed E-state index contributed by atoms with van der Waals surface area (Å²) in [6.45, 7) is 4.17. The molecular formula is C13H20N2O2. The van der Waals surface area contributed by atoms with E-state index in [0.29, 0.717) is 13.0 Å². The van der Waals surface area contributed by atoms with Crippen molar-refractivity contribution in [2.45, 2.75) is 19.9 Å². The number of hydrogen-bond donors (Lipinski definition) is 2. The molecule has 4 nitrogen and oxygen atoms in total. The van der Waals surface area contributed by atoms with Crippen molar-refractivity contribution < 1.29 is 9.53 Å². The second-order valence-electron chi connectivity index (χ2n) is 3.73. The lowest BCUT2D eigenvalue weighted by molar-refractivity contribution is -0.117. The van der Waals surface area contributed by atoms with Crippen molar-refractivity contribution in [2.24, 2.45) is 0 Å². The second kappa shape index (κ2) is 7.81. The molecule has 1 rings (SSSR count). The summed E-state index contributed by atoms with van der Waals surface area (Å²) >= 11 is 0. The molecule has 2 N–H and O–H groups in total. The molecule has 0 atom stereocenters. The molecule has 94 valence electrons. The number of hydrogen-bond acceptors (Lipinski definition) is 3. The molecular weight excluding hydrogens is 216 g/mol. The topological polar surface area (TPSA) is 50.4 Å². The number of amides is 1. The van der Waals surface area contributed by atoms with Crippen LogP contribution < -0.4 is 10.6 Å². The first-order valence-corrected chi connectivity index (χ1v) is 5.85. The van der Waals surface area contributed by atoms with Crippen LogP contribution in [0.4, 0.5) is 5.69 Å². The van der Waals surface area contributed by atoms with Crippen LogP contribution in [0.2, 0.25) is 0 Å². The molecule has 0 aliphatic rings. The average molecular weight is 236 g/mol. The van der Waals surface area contributed by atoms with E-state index >= 15 is 0 Å². The van der Waals surface area contributed by atoms with Crippen LogP contribution in [0.15, 0.2) is 24.3 Å². The maximum absolute atomic E-state index is 11.6. The Kier molecular flexibility index (Phi) is 6.29. The summed E-state index contributed by atoms with van der Waals surface area (Å²) in [6.07, 6.45) is 0.381. The molecule has 17 heavy (non-hydrogen) atoms. The van der Waals surface area contributed by atoms with Crippen molar-refractivity contribution >= 4 is 11.6 Å². The number of benzene rings is 1. The van der Waals surface area contributed by atoms with E-state index in [1.807, 2.05) is 24.3 Å². The Morgan fingerprint density at radius 3 is 2.82 bits per heavy atom. The van der Waals surface area contributed by atoms with Crippen molar-refractivity contribution in [3.8, 4) is 0 Å². The van der Waals surface area contributed by atoms with Crippen LogP contribution in [0.5, 0.6) is 0 Å². The molecule has 0 bridgehead atoms. The Morgan fingerprint density at radius 2 is 2.12 bits per heavy atom. The zero-order valence-corrected chi connectivity index (χ0v) is 10.5. The fourth-order valence-corrected chi connectivity index (χ4v) is 1.46. The number of ether oxygens (including phenoxy) is 1. The van der Waals surface area contributed by atoms with Crippen LogP contribution >= 0.6 is 0 Å². The van der Waals surface area contributed by atoms with Crippen molar-refractivity contribution in [2.75, 3.05) is 25.6 Å². The van der Waals surface area contributed by atoms with Gasteiger partial charge < -0.3 is 15.4 Å². The Bertz CT molecular complexity index is 353. The molecule has 0 radical (unpaired) electrons. The van der Waals surface area contributed by atoms with Gasteiger partial charge in [-0.1, -0.05) is 25.1 Å². The second-order valence-corrected chi connectivity index (χ2v) is 3.73. The highest BCUT2D eigenvalue weighted by Crippen LogP contribution is 2.14. The first-order valence-electron chi connectivity index (χ1n) is 5.85. The third kappa shape index (κ3) is 4.97. The summed E-state index contributed by atoms with van der Waals surface area (Å²) < 4.78 is 4.87. The fourth-order valence-electron chi connectivity index (χ4n) is 1.46. The van der Waals surface area contributed by atoms with Gasteiger partial charge in [0.25, 0.3) is 0 Å². The van der Waals surface area contributed by atoms with Crippen molar-refractivity contribution in [3.05, 3.63) is 29.8 Å². The van der Waals surface area contributed by atoms with Crippen LogP contribution in [0.25, 0.3) is 0 Å². The molecule has 0 saturated carbocycles. The summed E-state index contributed by atoms with van der Waals surface area (Å²) in [5.41, 5.74) is 1.97. The largest absolute Gasteiger partial charge is 0.384 e. The van der Waals surface area contributed by atoms with Gasteiger partial charge in [0.05, 0.1) is 13.0 Å². The number of methoxy groups -OCH3 is 1. The van der Waals surface area contributed by atoms with Crippen LogP contribution in [-0.4, -0.2) is 26.2 Å². The molecule has 0 saturated heterocycles. The molecule has 0 aromatic heterocycles. The molecule has 0 aliphatic heterocycles. The van der Waals surface area contributed by atoms with Gasteiger partial charge in [-0.05, 0) is 18.2 Å². The van der Waals surface area contributed by atoms with Gasteiger partial charge in [-0.25, -0.2) is 0 Å². The molecule has 0 spiro atoms. The van der Waals surface area contributed by atoms with E-state index in [4.69, 9.17) is 4.74 Å². The number of nitrogens with one attached hydrogen (secondary N) is 2. The van der Waals surface area contributed by atoms with E-state index in [1.54, 1.807) is 7.11 Å². The highest BCUT2D eigenvalue weighted by Gasteiger charge is 2.05. The lowest BCUT2D eigenvalue weighted by Crippen LogP contribution is -2.17. The smallest absolute Gasteiger partial charge is 0.226 e. The average Bonchev–Trinajstić information content (AvgIpc) is 2.35. The number of carbonyl (C=O) groups is 1. The molecule has 0 aliphatic carbocycles. The number of rotatable bonds is 7. The predicted octanol–water partition coefficient (Wildman–Crippen LogP) is 1.77. The summed E-state index contributed by atoms with van der Waals surface area (Å²) in [7, 11) is 1.59. The summed E-state index contributed by atoms with van der Waals surface area (Å²) in [6, 6.07) is 7.81. The first kappa shape index (κ1) is 13.7. The van der Waals surface area contributed by atoms with Crippen LogP contribution in [0.1, 0.15) is 18.9 Å². The van der Waals surface area contributed by atoms with Gasteiger partial charge in [0, 0.05) is 19.3 Å². The maximum Gasteiger partial charge on any atom is 0.226 e. The van der Waals surface area contributed by atoms with Gasteiger partial charge in [0.15, 0.2) is 0 Å². The van der Waals surface area contributed by atoms with E-state index in [1.165, 1.54) is 0 Å². The molecule has 1 amide bonds. The Morgan fingerprint density at radius 1 is 1.35 bits per heavy atom. The van der Waals surface area contributed by atoms with Crippen molar-refractivity contribution in [1.29, 1.82) is 0 Å². The Balaban J connectivity index is 2.59. The minimum absolute atomic E-state index is 0.0178. The summed E-state index contributed by atoms with van der Waals surface area (Å²) in [5.74, 6) is -0.0178. The van der Waals surface area contributed by atoms with Crippen LogP contribution in [-0.2, 0) is 16.1 Å². The third-order valence-corrected chi connectivity index (χ3v) is 2.39. The first-order chi connectivity index (χ1) is 8.27. The maximum atomic E-state index is 11.6. The Hall–Kier alpha value is -1.39. The third-order valence-electron chi connectivity index (χ3n) is 2.39. The standard InChI is InChI=1S/C13H20N2O2/c1-3-14-10-11-6-4-5-7-12(11)15-13(16)8-9-17-2/h4-7,14H,3,8-10H2,1-2H3,(H,15,16). The van der Waals surface area contributed by atoms with Crippen molar-refractivity contribution in [1.82, 2.24) is 5.32 Å². The molecule has 0 fully saturated rings. The van der Waals surface area contributed by atoms with E-state index in [0.717, 1.165) is 24.3 Å². The zero-order chi connectivity index (χ0) is 12.5. The fraction of sp³-hybridized carbons (Fsp3) is 0.462. The number of para-hydroxylation sites is 1. The Labute approximate surface area is 102 Å². The minimum atomic E-state index is -0.0178. The van der Waals surface area contributed by atoms with Gasteiger partial charge >= 0.3 is 0 Å². The van der Waals surface area contributed by atoms with Gasteiger partial charge in [0.2, 0.25) is 5.91 Å². The molecule has 0 unspecified atom stereocenters. The minimum Gasteiger partial charge on any atom is -0.384 e. The normalized spacial score (nSPS) is 10.2. The van der Waals surface area contributed by atoms with E-state index < -0.39 is 0 Å². The predicted molar refractivity (Wildman–Crippen MR) is 68.9 cm³/mol. The van der Waals surface area contributed by atoms with Gasteiger partial charge in [-0.2, -0.15) is 0 Å². The number of anilines is 1. The van der Waals surface area contributed by atoms with E-state index in [9.17, 15) is 4.79 Å². The van der Waals surface area contributed by atoms with Gasteiger partial charge in [-0.15, -0.1) is 0 Å². The molecule has 0 heterocycles. The van der Waals surface area contributed by atoms with Crippen LogP contribution in [0, 0.1) is 0 Å². The summed E-state index contributed by atoms with van der Waals surface area (Å²) in [5, 5.41) is 6.14. The molecule has 1 aromatic carbocycles. The zero-order valence-electron chi connectivity index (χ0n) is 10.5. The summed E-state index contributed by atoms with van der Waals surface area (Å²) in [4.78, 5) is 11.6. The van der Waals surface area contributed by atoms with Gasteiger partial charge in [-0.3, -0.25) is 4.79 Å². The monoisotopic (exact) mass is 236 g/mol. The van der Waals surface area contributed by atoms with Gasteiger partial charge in [0.1, 0.15) is 0 Å². The SMILES string of the molecule is CCNCc1ccccc1NC(=O)CCOC. The van der Waals surface area contributed by atoms with Crippen molar-refractivity contribution in [3.63, 3.8) is 0 Å². The highest BCUT2D eigenvalue weighted by atomic mass is 16.5. The lowest BCUT2D eigenvalue weighted by Gasteiger charge is -2.11. The van der Waals surface area contributed by atoms with Crippen LogP contribution in [0.3, 0.4) is 0 Å². The quantitative estimate of drug-likeness (QED) is 0.758. The molecule has 4 heteroatoms. The van der Waals surface area contributed by atoms with E-state index in [-0.39, 0.29) is 5.91 Å². The highest BCUT2D eigenvalue weighted by molar-refractivity contribution is 5.91. The van der Waals surface area contributed by atoms with E-state index in [2.05, 4.69) is 17.6 Å².